The Labute approximate surface area is 154 Å². The van der Waals surface area contributed by atoms with Gasteiger partial charge < -0.3 is 19.5 Å². The fraction of sp³-hybridized carbons (Fsp3) is 0.500. The number of carbonyl (C=O) groups is 1. The van der Waals surface area contributed by atoms with Crippen molar-refractivity contribution in [2.45, 2.75) is 58.2 Å². The first-order valence-corrected chi connectivity index (χ1v) is 9.25. The lowest BCUT2D eigenvalue weighted by Crippen LogP contribution is -2.36. The average Bonchev–Trinajstić information content (AvgIpc) is 3.40. The minimum Gasteiger partial charge on any atom is -0.490 e. The summed E-state index contributed by atoms with van der Waals surface area (Å²) in [7, 11) is 1.75. The summed E-state index contributed by atoms with van der Waals surface area (Å²) in [5.74, 6) is 2.28. The maximum Gasteiger partial charge on any atom is 0.317 e. The molecule has 1 atom stereocenters. The molecule has 6 nitrogen and oxygen atoms in total. The number of aromatic nitrogens is 1. The van der Waals surface area contributed by atoms with Gasteiger partial charge >= 0.3 is 6.03 Å². The van der Waals surface area contributed by atoms with Crippen LogP contribution in [0, 0.1) is 0 Å². The van der Waals surface area contributed by atoms with Crippen molar-refractivity contribution in [3.05, 3.63) is 47.3 Å². The summed E-state index contributed by atoms with van der Waals surface area (Å²) in [6, 6.07) is 9.60. The molecule has 1 fully saturated rings. The molecule has 3 rings (SSSR count). The van der Waals surface area contributed by atoms with Crippen molar-refractivity contribution in [1.29, 1.82) is 0 Å². The molecule has 6 heteroatoms. The zero-order valence-corrected chi connectivity index (χ0v) is 15.7. The van der Waals surface area contributed by atoms with Crippen molar-refractivity contribution in [1.82, 2.24) is 15.4 Å². The number of nitrogens with one attached hydrogen (secondary N) is 1. The first-order valence-electron chi connectivity index (χ1n) is 9.25. The van der Waals surface area contributed by atoms with Gasteiger partial charge in [-0.1, -0.05) is 30.3 Å². The zero-order chi connectivity index (χ0) is 18.5. The molecule has 1 heterocycles. The quantitative estimate of drug-likeness (QED) is 0.773. The molecule has 26 heavy (non-hydrogen) atoms. The van der Waals surface area contributed by atoms with Crippen LogP contribution < -0.4 is 10.1 Å². The van der Waals surface area contributed by atoms with Crippen LogP contribution in [-0.4, -0.2) is 29.2 Å². The predicted octanol–water partition coefficient (Wildman–Crippen LogP) is 4.07. The van der Waals surface area contributed by atoms with Crippen LogP contribution in [0.2, 0.25) is 0 Å². The van der Waals surface area contributed by atoms with Gasteiger partial charge in [0.1, 0.15) is 17.2 Å². The van der Waals surface area contributed by atoms with Gasteiger partial charge in [-0.3, -0.25) is 0 Å². The molecule has 0 aliphatic heterocycles. The highest BCUT2D eigenvalue weighted by molar-refractivity contribution is 5.73. The second-order valence-corrected chi connectivity index (χ2v) is 6.95. The Morgan fingerprint density at radius 3 is 2.92 bits per heavy atom. The smallest absolute Gasteiger partial charge is 0.317 e. The van der Waals surface area contributed by atoms with Gasteiger partial charge in [-0.2, -0.15) is 0 Å². The van der Waals surface area contributed by atoms with Crippen LogP contribution in [0.3, 0.4) is 0 Å². The van der Waals surface area contributed by atoms with Gasteiger partial charge in [0.2, 0.25) is 0 Å². The number of benzene rings is 1. The Balaban J connectivity index is 1.52. The van der Waals surface area contributed by atoms with E-state index in [0.29, 0.717) is 19.0 Å². The molecule has 0 saturated heterocycles. The maximum atomic E-state index is 12.4. The lowest BCUT2D eigenvalue weighted by atomic mass is 10.2. The number of hydrogen-bond donors (Lipinski definition) is 1. The molecule has 2 aromatic rings. The number of amides is 2. The van der Waals surface area contributed by atoms with Gasteiger partial charge in [-0.15, -0.1) is 0 Å². The van der Waals surface area contributed by atoms with Crippen LogP contribution in [-0.2, 0) is 13.1 Å². The van der Waals surface area contributed by atoms with E-state index in [1.807, 2.05) is 37.3 Å². The average molecular weight is 357 g/mol. The van der Waals surface area contributed by atoms with Crippen LogP contribution in [0.15, 0.2) is 34.9 Å². The summed E-state index contributed by atoms with van der Waals surface area (Å²) in [5, 5.41) is 7.00. The number of hydrogen-bond acceptors (Lipinski definition) is 4. The van der Waals surface area contributed by atoms with Gasteiger partial charge in [0, 0.05) is 31.1 Å². The van der Waals surface area contributed by atoms with E-state index in [1.165, 1.54) is 12.8 Å². The topological polar surface area (TPSA) is 67.6 Å². The van der Waals surface area contributed by atoms with E-state index in [2.05, 4.69) is 17.4 Å². The molecule has 2 amide bonds. The molecule has 1 aromatic heterocycles. The highest BCUT2D eigenvalue weighted by atomic mass is 16.5. The number of ether oxygens (including phenoxy) is 1. The third-order valence-corrected chi connectivity index (χ3v) is 4.61. The minimum absolute atomic E-state index is 0.141. The molecule has 0 spiro atoms. The summed E-state index contributed by atoms with van der Waals surface area (Å²) in [5.41, 5.74) is 1.75. The SMILES string of the molecule is CC[C@H](C)Oc1ccccc1CNC(=O)N(C)Cc1cc(C2CC2)on1. The molecule has 0 radical (unpaired) electrons. The minimum atomic E-state index is -0.153. The Hall–Kier alpha value is -2.50. The summed E-state index contributed by atoms with van der Waals surface area (Å²) in [4.78, 5) is 14.0. The Morgan fingerprint density at radius 2 is 2.19 bits per heavy atom. The van der Waals surface area contributed by atoms with Crippen LogP contribution in [0.25, 0.3) is 0 Å². The summed E-state index contributed by atoms with van der Waals surface area (Å²) >= 11 is 0. The van der Waals surface area contributed by atoms with E-state index in [0.717, 1.165) is 29.2 Å². The van der Waals surface area contributed by atoms with Crippen molar-refractivity contribution in [3.8, 4) is 5.75 Å². The largest absolute Gasteiger partial charge is 0.490 e. The van der Waals surface area contributed by atoms with Crippen molar-refractivity contribution in [3.63, 3.8) is 0 Å². The summed E-state index contributed by atoms with van der Waals surface area (Å²) in [6.07, 6.45) is 3.42. The van der Waals surface area contributed by atoms with Crippen molar-refractivity contribution in [2.75, 3.05) is 7.05 Å². The normalized spacial score (nSPS) is 14.7. The first-order chi connectivity index (χ1) is 12.6. The number of nitrogens with zero attached hydrogens (tertiary/aromatic N) is 2. The number of carbonyl (C=O) groups excluding carboxylic acids is 1. The van der Waals surface area contributed by atoms with E-state index in [9.17, 15) is 4.79 Å². The maximum absolute atomic E-state index is 12.4. The lowest BCUT2D eigenvalue weighted by Gasteiger charge is -2.19. The Morgan fingerprint density at radius 1 is 1.42 bits per heavy atom. The number of urea groups is 1. The third-order valence-electron chi connectivity index (χ3n) is 4.61. The van der Waals surface area contributed by atoms with Crippen molar-refractivity contribution >= 4 is 6.03 Å². The van der Waals surface area contributed by atoms with Gasteiger partial charge in [-0.25, -0.2) is 4.79 Å². The number of rotatable bonds is 8. The van der Waals surface area contributed by atoms with Gasteiger partial charge in [-0.05, 0) is 32.3 Å². The third kappa shape index (κ3) is 4.77. The van der Waals surface area contributed by atoms with Crippen LogP contribution >= 0.6 is 0 Å². The molecule has 0 unspecified atom stereocenters. The van der Waals surface area contributed by atoms with E-state index >= 15 is 0 Å². The van der Waals surface area contributed by atoms with Crippen LogP contribution in [0.5, 0.6) is 5.75 Å². The molecule has 0 bridgehead atoms. The second-order valence-electron chi connectivity index (χ2n) is 6.95. The predicted molar refractivity (Wildman–Crippen MR) is 99.0 cm³/mol. The van der Waals surface area contributed by atoms with Gasteiger partial charge in [0.05, 0.1) is 12.6 Å². The first kappa shape index (κ1) is 18.3. The molecule has 1 aliphatic rings. The zero-order valence-electron chi connectivity index (χ0n) is 15.7. The van der Waals surface area contributed by atoms with E-state index in [1.54, 1.807) is 11.9 Å². The van der Waals surface area contributed by atoms with Crippen molar-refractivity contribution < 1.29 is 14.1 Å². The highest BCUT2D eigenvalue weighted by Crippen LogP contribution is 2.40. The Bertz CT molecular complexity index is 739. The summed E-state index contributed by atoms with van der Waals surface area (Å²) in [6.45, 7) is 4.97. The van der Waals surface area contributed by atoms with Gasteiger partial charge in [0.25, 0.3) is 0 Å². The van der Waals surface area contributed by atoms with E-state index < -0.39 is 0 Å². The Kier molecular flexibility index (Phi) is 5.81. The molecule has 1 N–H and O–H groups in total. The molecule has 1 saturated carbocycles. The monoisotopic (exact) mass is 357 g/mol. The standard InChI is InChI=1S/C20H27N3O3/c1-4-14(2)25-18-8-6-5-7-16(18)12-21-20(24)23(3)13-17-11-19(26-22-17)15-9-10-15/h5-8,11,14-15H,4,9-10,12-13H2,1-3H3,(H,21,24)/t14-/m0/s1. The molecule has 1 aliphatic carbocycles. The molecule has 140 valence electrons. The van der Waals surface area contributed by atoms with Crippen LogP contribution in [0.4, 0.5) is 4.79 Å². The molecular weight excluding hydrogens is 330 g/mol. The van der Waals surface area contributed by atoms with E-state index in [4.69, 9.17) is 9.26 Å². The second kappa shape index (κ2) is 8.25. The van der Waals surface area contributed by atoms with Crippen LogP contribution in [0.1, 0.15) is 56.0 Å². The summed E-state index contributed by atoms with van der Waals surface area (Å²) < 4.78 is 11.3. The van der Waals surface area contributed by atoms with Gasteiger partial charge in [0.15, 0.2) is 0 Å². The number of para-hydroxylation sites is 1. The highest BCUT2D eigenvalue weighted by Gasteiger charge is 2.28. The fourth-order valence-corrected chi connectivity index (χ4v) is 2.65. The fourth-order valence-electron chi connectivity index (χ4n) is 2.65. The lowest BCUT2D eigenvalue weighted by molar-refractivity contribution is 0.203. The molecule has 1 aromatic carbocycles. The van der Waals surface area contributed by atoms with E-state index in [-0.39, 0.29) is 12.1 Å². The molecular formula is C20H27N3O3. The van der Waals surface area contributed by atoms with Crippen molar-refractivity contribution in [2.24, 2.45) is 0 Å².